The number of aliphatic hydroxyl groups excluding tert-OH is 1. The second kappa shape index (κ2) is 6.71. The summed E-state index contributed by atoms with van der Waals surface area (Å²) in [5.41, 5.74) is -3.40. The summed E-state index contributed by atoms with van der Waals surface area (Å²) in [6, 6.07) is 0. The van der Waals surface area contributed by atoms with Crippen LogP contribution < -0.4 is 0 Å². The van der Waals surface area contributed by atoms with Crippen molar-refractivity contribution in [3.8, 4) is 0 Å². The van der Waals surface area contributed by atoms with E-state index in [1.165, 1.54) is 0 Å². The number of halogens is 8. The zero-order valence-electron chi connectivity index (χ0n) is 12.7. The van der Waals surface area contributed by atoms with Gasteiger partial charge in [-0.25, -0.2) is 22.0 Å². The number of nitrogens with zero attached hydrogens (tertiary/aromatic N) is 2. The normalized spacial score (nSPS) is 22.8. The Morgan fingerprint density at radius 2 is 1.92 bits per heavy atom. The molecule has 2 rings (SSSR count). The van der Waals surface area contributed by atoms with Gasteiger partial charge in [0.25, 0.3) is 12.3 Å². The van der Waals surface area contributed by atoms with Crippen LogP contribution in [-0.4, -0.2) is 46.6 Å². The molecule has 144 valence electrons. The molecular formula is C13H14F8N2O2. The first-order chi connectivity index (χ1) is 11.4. The Labute approximate surface area is 136 Å². The minimum absolute atomic E-state index is 0.398. The van der Waals surface area contributed by atoms with E-state index in [0.29, 0.717) is 4.68 Å². The molecule has 0 aliphatic heterocycles. The number of rotatable bonds is 5. The van der Waals surface area contributed by atoms with Gasteiger partial charge in [0.15, 0.2) is 18.0 Å². The lowest BCUT2D eigenvalue weighted by molar-refractivity contribution is -0.150. The lowest BCUT2D eigenvalue weighted by Gasteiger charge is -2.29. The largest absolute Gasteiger partial charge is 0.435 e. The van der Waals surface area contributed by atoms with E-state index >= 15 is 0 Å². The average molecular weight is 382 g/mol. The van der Waals surface area contributed by atoms with Crippen molar-refractivity contribution in [2.75, 3.05) is 7.11 Å². The third-order valence-electron chi connectivity index (χ3n) is 3.96. The second-order valence-electron chi connectivity index (χ2n) is 5.60. The van der Waals surface area contributed by atoms with Gasteiger partial charge >= 0.3 is 6.18 Å². The molecule has 0 saturated heterocycles. The van der Waals surface area contributed by atoms with Crippen molar-refractivity contribution in [3.63, 3.8) is 0 Å². The van der Waals surface area contributed by atoms with Crippen LogP contribution in [0.15, 0.2) is 0 Å². The van der Waals surface area contributed by atoms with Crippen LogP contribution in [0.25, 0.3) is 0 Å². The molecule has 1 aromatic rings. The highest BCUT2D eigenvalue weighted by atomic mass is 19.4. The molecular weight excluding hydrogens is 368 g/mol. The van der Waals surface area contributed by atoms with Gasteiger partial charge in [0, 0.05) is 24.8 Å². The Kier molecular flexibility index (Phi) is 5.34. The van der Waals surface area contributed by atoms with Gasteiger partial charge in [0.1, 0.15) is 6.10 Å². The molecule has 1 aliphatic carbocycles. The van der Waals surface area contributed by atoms with Crippen molar-refractivity contribution in [1.29, 1.82) is 0 Å². The van der Waals surface area contributed by atoms with Crippen LogP contribution >= 0.6 is 0 Å². The maximum atomic E-state index is 14.0. The smallest absolute Gasteiger partial charge is 0.382 e. The number of ether oxygens (including phenoxy) is 1. The Bertz CT molecular complexity index is 616. The van der Waals surface area contributed by atoms with E-state index in [4.69, 9.17) is 0 Å². The van der Waals surface area contributed by atoms with Gasteiger partial charge in [-0.3, -0.25) is 4.68 Å². The van der Waals surface area contributed by atoms with E-state index in [-0.39, 0.29) is 0 Å². The Morgan fingerprint density at radius 3 is 2.40 bits per heavy atom. The Hall–Kier alpha value is -1.43. The van der Waals surface area contributed by atoms with Crippen LogP contribution in [-0.2, 0) is 23.9 Å². The van der Waals surface area contributed by atoms with Gasteiger partial charge in [-0.05, 0) is 6.42 Å². The summed E-state index contributed by atoms with van der Waals surface area (Å²) < 4.78 is 110. The van der Waals surface area contributed by atoms with E-state index < -0.39 is 73.2 Å². The Balaban J connectivity index is 2.45. The number of hydrogen-bond donors (Lipinski definition) is 1. The van der Waals surface area contributed by atoms with Crippen LogP contribution in [0, 0.1) is 0 Å². The summed E-state index contributed by atoms with van der Waals surface area (Å²) in [7, 11) is 0.799. The zero-order valence-corrected chi connectivity index (χ0v) is 12.7. The number of fused-ring (bicyclic) bond motifs is 1. The topological polar surface area (TPSA) is 47.3 Å². The van der Waals surface area contributed by atoms with Crippen molar-refractivity contribution >= 4 is 0 Å². The van der Waals surface area contributed by atoms with Crippen molar-refractivity contribution in [1.82, 2.24) is 9.78 Å². The van der Waals surface area contributed by atoms with E-state index in [2.05, 4.69) is 9.84 Å². The minimum Gasteiger partial charge on any atom is -0.382 e. The van der Waals surface area contributed by atoms with Crippen molar-refractivity contribution in [2.24, 2.45) is 0 Å². The molecule has 1 aliphatic rings. The molecule has 0 fully saturated rings. The lowest BCUT2D eigenvalue weighted by atomic mass is 9.89. The zero-order chi connectivity index (χ0) is 19.2. The summed E-state index contributed by atoms with van der Waals surface area (Å²) >= 11 is 0. The molecule has 0 amide bonds. The van der Waals surface area contributed by atoms with Crippen LogP contribution in [0.1, 0.15) is 29.5 Å². The van der Waals surface area contributed by atoms with Crippen LogP contribution in [0.4, 0.5) is 35.1 Å². The minimum atomic E-state index is -5.18. The molecule has 1 aromatic heterocycles. The summed E-state index contributed by atoms with van der Waals surface area (Å²) in [5, 5.41) is 12.6. The molecule has 0 bridgehead atoms. The van der Waals surface area contributed by atoms with Gasteiger partial charge in [-0.15, -0.1) is 0 Å². The maximum absolute atomic E-state index is 14.0. The van der Waals surface area contributed by atoms with Gasteiger partial charge in [0.2, 0.25) is 0 Å². The first kappa shape index (κ1) is 19.9. The first-order valence-electron chi connectivity index (χ1n) is 7.07. The van der Waals surface area contributed by atoms with E-state index in [1.807, 2.05) is 0 Å². The molecule has 0 saturated carbocycles. The molecule has 25 heavy (non-hydrogen) atoms. The predicted octanol–water partition coefficient (Wildman–Crippen LogP) is 3.14. The van der Waals surface area contributed by atoms with E-state index in [1.54, 1.807) is 0 Å². The fraction of sp³-hybridized carbons (Fsp3) is 0.769. The fourth-order valence-corrected chi connectivity index (χ4v) is 2.73. The van der Waals surface area contributed by atoms with E-state index in [0.717, 1.165) is 7.11 Å². The lowest BCUT2D eigenvalue weighted by Crippen LogP contribution is -2.36. The number of methoxy groups -OCH3 is 1. The molecule has 3 atom stereocenters. The molecule has 0 aromatic carbocycles. The molecule has 0 radical (unpaired) electrons. The fourth-order valence-electron chi connectivity index (χ4n) is 2.73. The molecule has 1 N–H and O–H groups in total. The SMILES string of the molecule is CO[C@H](C(F)F)C(F)Cn1nc(C(F)(F)F)c2c1CCC(F)(F)[C@H]2O. The van der Waals surface area contributed by atoms with E-state index in [9.17, 15) is 40.2 Å². The third-order valence-corrected chi connectivity index (χ3v) is 3.96. The van der Waals surface area contributed by atoms with Gasteiger partial charge in [-0.2, -0.15) is 18.3 Å². The average Bonchev–Trinajstić information content (AvgIpc) is 2.82. The molecule has 1 heterocycles. The van der Waals surface area contributed by atoms with Crippen molar-refractivity contribution in [2.45, 2.75) is 56.3 Å². The second-order valence-corrected chi connectivity index (χ2v) is 5.60. The Morgan fingerprint density at radius 1 is 1.32 bits per heavy atom. The summed E-state index contributed by atoms with van der Waals surface area (Å²) in [5.74, 6) is -3.81. The first-order valence-corrected chi connectivity index (χ1v) is 7.07. The molecule has 4 nitrogen and oxygen atoms in total. The summed E-state index contributed by atoms with van der Waals surface area (Å²) in [4.78, 5) is 0. The quantitative estimate of drug-likeness (QED) is 0.797. The van der Waals surface area contributed by atoms with Crippen LogP contribution in [0.2, 0.25) is 0 Å². The monoisotopic (exact) mass is 382 g/mol. The van der Waals surface area contributed by atoms with Crippen molar-refractivity contribution in [3.05, 3.63) is 17.0 Å². The number of aromatic nitrogens is 2. The van der Waals surface area contributed by atoms with Crippen LogP contribution in [0.3, 0.4) is 0 Å². The molecule has 1 unspecified atom stereocenters. The standard InChI is InChI=1S/C13H14F8N2O2/c1-25-8(11(15)16)5(14)4-23-6-2-3-12(17,18)10(24)7(6)9(22-23)13(19,20)21/h5,8,10-11,24H,2-4H2,1H3/t5?,8-,10-/m0/s1. The van der Waals surface area contributed by atoms with Gasteiger partial charge in [-0.1, -0.05) is 0 Å². The summed E-state index contributed by atoms with van der Waals surface area (Å²) in [6.07, 6.45) is -17.5. The number of aliphatic hydroxyl groups is 1. The van der Waals surface area contributed by atoms with Gasteiger partial charge < -0.3 is 9.84 Å². The number of hydrogen-bond acceptors (Lipinski definition) is 3. The highest BCUT2D eigenvalue weighted by Crippen LogP contribution is 2.46. The van der Waals surface area contributed by atoms with Crippen molar-refractivity contribution < 1.29 is 45.0 Å². The molecule has 12 heteroatoms. The van der Waals surface area contributed by atoms with Gasteiger partial charge in [0.05, 0.1) is 6.54 Å². The van der Waals surface area contributed by atoms with Crippen LogP contribution in [0.5, 0.6) is 0 Å². The summed E-state index contributed by atoms with van der Waals surface area (Å²) in [6.45, 7) is -1.06. The number of alkyl halides is 8. The third kappa shape index (κ3) is 3.73. The molecule has 0 spiro atoms. The highest BCUT2D eigenvalue weighted by molar-refractivity contribution is 5.35. The highest BCUT2D eigenvalue weighted by Gasteiger charge is 2.51. The predicted molar refractivity (Wildman–Crippen MR) is 67.2 cm³/mol. The maximum Gasteiger partial charge on any atom is 0.435 e.